The van der Waals surface area contributed by atoms with Gasteiger partial charge in [-0.15, -0.1) is 0 Å². The van der Waals surface area contributed by atoms with Gasteiger partial charge in [0.05, 0.1) is 17.9 Å². The van der Waals surface area contributed by atoms with E-state index in [2.05, 4.69) is 59.6 Å². The minimum atomic E-state index is -0.260. The predicted octanol–water partition coefficient (Wildman–Crippen LogP) is 5.72. The third-order valence-electron chi connectivity index (χ3n) is 5.34. The fraction of sp³-hybridized carbons (Fsp3) is 0.240. The summed E-state index contributed by atoms with van der Waals surface area (Å²) in [5.41, 5.74) is 4.52. The van der Waals surface area contributed by atoms with Crippen LogP contribution in [0.4, 0.5) is 0 Å². The highest BCUT2D eigenvalue weighted by atomic mass is 16.5. The summed E-state index contributed by atoms with van der Waals surface area (Å²) < 4.78 is 12.2. The average molecular weight is 384 g/mol. The van der Waals surface area contributed by atoms with Crippen molar-refractivity contribution < 1.29 is 9.47 Å². The Morgan fingerprint density at radius 1 is 0.931 bits per heavy atom. The lowest BCUT2D eigenvalue weighted by molar-refractivity contribution is -0.0190. The lowest BCUT2D eigenvalue weighted by Crippen LogP contribution is -2.33. The SMILES string of the molecule is CC(C)Oc1ccc([C@@H]2Oc3ccccc3[C@@H]3CC(c4ccccc4)=NN32)cc1. The molecule has 2 atom stereocenters. The second-order valence-corrected chi connectivity index (χ2v) is 7.76. The van der Waals surface area contributed by atoms with Crippen LogP contribution >= 0.6 is 0 Å². The van der Waals surface area contributed by atoms with Crippen molar-refractivity contribution in [1.29, 1.82) is 0 Å². The van der Waals surface area contributed by atoms with Gasteiger partial charge in [0.2, 0.25) is 6.23 Å². The fourth-order valence-corrected chi connectivity index (χ4v) is 4.04. The summed E-state index contributed by atoms with van der Waals surface area (Å²) in [6.07, 6.45) is 0.763. The molecule has 4 nitrogen and oxygen atoms in total. The van der Waals surface area contributed by atoms with E-state index in [1.54, 1.807) is 0 Å². The minimum Gasteiger partial charge on any atom is -0.491 e. The predicted molar refractivity (Wildman–Crippen MR) is 114 cm³/mol. The van der Waals surface area contributed by atoms with Crippen LogP contribution in [-0.2, 0) is 0 Å². The standard InChI is InChI=1S/C25H24N2O2/c1-17(2)28-20-14-12-19(13-15-20)25-27-23(21-10-6-7-11-24(21)29-25)16-22(26-27)18-8-4-3-5-9-18/h3-15,17,23,25H,16H2,1-2H3/t23-,25-/m0/s1. The van der Waals surface area contributed by atoms with Gasteiger partial charge >= 0.3 is 0 Å². The molecule has 3 aromatic rings. The molecule has 0 aromatic heterocycles. The highest BCUT2D eigenvalue weighted by Gasteiger charge is 2.40. The van der Waals surface area contributed by atoms with E-state index in [0.717, 1.165) is 29.2 Å². The van der Waals surface area contributed by atoms with E-state index >= 15 is 0 Å². The van der Waals surface area contributed by atoms with Gasteiger partial charge in [-0.2, -0.15) is 5.10 Å². The first-order valence-electron chi connectivity index (χ1n) is 10.1. The van der Waals surface area contributed by atoms with Crippen molar-refractivity contribution >= 4 is 5.71 Å². The summed E-state index contributed by atoms with van der Waals surface area (Å²) in [7, 11) is 0. The molecular formula is C25H24N2O2. The maximum atomic E-state index is 6.42. The molecule has 3 aromatic carbocycles. The number of hydrogen-bond acceptors (Lipinski definition) is 4. The van der Waals surface area contributed by atoms with Crippen LogP contribution in [0.25, 0.3) is 0 Å². The van der Waals surface area contributed by atoms with Crippen LogP contribution in [0.2, 0.25) is 0 Å². The average Bonchev–Trinajstić information content (AvgIpc) is 3.20. The molecule has 0 saturated carbocycles. The maximum Gasteiger partial charge on any atom is 0.213 e. The molecule has 2 aliphatic rings. The topological polar surface area (TPSA) is 34.1 Å². The quantitative estimate of drug-likeness (QED) is 0.577. The molecule has 0 aliphatic carbocycles. The Morgan fingerprint density at radius 2 is 1.66 bits per heavy atom. The van der Waals surface area contributed by atoms with Crippen LogP contribution in [0.5, 0.6) is 11.5 Å². The number of hydrazone groups is 1. The van der Waals surface area contributed by atoms with Crippen molar-refractivity contribution in [2.75, 3.05) is 0 Å². The minimum absolute atomic E-state index is 0.152. The molecule has 0 spiro atoms. The van der Waals surface area contributed by atoms with Crippen molar-refractivity contribution in [2.45, 2.75) is 38.6 Å². The largest absolute Gasteiger partial charge is 0.491 e. The smallest absolute Gasteiger partial charge is 0.213 e. The second-order valence-electron chi connectivity index (χ2n) is 7.76. The van der Waals surface area contributed by atoms with Crippen LogP contribution in [0.15, 0.2) is 84.0 Å². The normalized spacial score (nSPS) is 20.0. The van der Waals surface area contributed by atoms with E-state index in [4.69, 9.17) is 14.6 Å². The number of rotatable bonds is 4. The lowest BCUT2D eigenvalue weighted by atomic mass is 9.96. The van der Waals surface area contributed by atoms with Gasteiger partial charge in [0.25, 0.3) is 0 Å². The molecule has 2 aliphatic heterocycles. The number of para-hydroxylation sites is 1. The molecule has 0 unspecified atom stereocenters. The molecule has 0 N–H and O–H groups in total. The van der Waals surface area contributed by atoms with Gasteiger partial charge < -0.3 is 9.47 Å². The summed E-state index contributed by atoms with van der Waals surface area (Å²) >= 11 is 0. The van der Waals surface area contributed by atoms with Crippen LogP contribution in [-0.4, -0.2) is 16.8 Å². The number of ether oxygens (including phenoxy) is 2. The van der Waals surface area contributed by atoms with E-state index < -0.39 is 0 Å². The molecule has 146 valence electrons. The molecule has 0 saturated heterocycles. The monoisotopic (exact) mass is 384 g/mol. The molecule has 0 amide bonds. The Hall–Kier alpha value is -3.27. The highest BCUT2D eigenvalue weighted by molar-refractivity contribution is 6.01. The number of hydrogen-bond donors (Lipinski definition) is 0. The van der Waals surface area contributed by atoms with Crippen LogP contribution in [0.1, 0.15) is 49.2 Å². The Morgan fingerprint density at radius 3 is 2.41 bits per heavy atom. The molecule has 0 bridgehead atoms. The van der Waals surface area contributed by atoms with Gasteiger partial charge in [-0.1, -0.05) is 48.5 Å². The van der Waals surface area contributed by atoms with Gasteiger partial charge in [0.15, 0.2) is 0 Å². The van der Waals surface area contributed by atoms with Crippen LogP contribution < -0.4 is 9.47 Å². The number of benzene rings is 3. The van der Waals surface area contributed by atoms with Gasteiger partial charge in [-0.05, 0) is 49.7 Å². The van der Waals surface area contributed by atoms with Crippen molar-refractivity contribution in [1.82, 2.24) is 5.01 Å². The van der Waals surface area contributed by atoms with Crippen LogP contribution in [0, 0.1) is 0 Å². The van der Waals surface area contributed by atoms with E-state index in [1.807, 2.05) is 38.1 Å². The molecule has 0 radical (unpaired) electrons. The summed E-state index contributed by atoms with van der Waals surface area (Å²) in [5, 5.41) is 7.12. The zero-order valence-corrected chi connectivity index (χ0v) is 16.7. The maximum absolute atomic E-state index is 6.42. The number of nitrogens with zero attached hydrogens (tertiary/aromatic N) is 2. The fourth-order valence-electron chi connectivity index (χ4n) is 4.04. The zero-order valence-electron chi connectivity index (χ0n) is 16.7. The second kappa shape index (κ2) is 7.28. The van der Waals surface area contributed by atoms with Gasteiger partial charge in [0.1, 0.15) is 11.5 Å². The van der Waals surface area contributed by atoms with Gasteiger partial charge in [-0.3, -0.25) is 0 Å². The molecule has 0 fully saturated rings. The van der Waals surface area contributed by atoms with E-state index in [1.165, 1.54) is 11.1 Å². The molecule has 5 rings (SSSR count). The summed E-state index contributed by atoms with van der Waals surface area (Å²) in [4.78, 5) is 0. The Bertz CT molecular complexity index is 1030. The molecular weight excluding hydrogens is 360 g/mol. The summed E-state index contributed by atoms with van der Waals surface area (Å²) in [5.74, 6) is 1.80. The van der Waals surface area contributed by atoms with E-state index in [9.17, 15) is 0 Å². The summed E-state index contributed by atoms with van der Waals surface area (Å²) in [6.45, 7) is 4.06. The Balaban J connectivity index is 1.52. The first-order chi connectivity index (χ1) is 14.2. The summed E-state index contributed by atoms with van der Waals surface area (Å²) in [6, 6.07) is 27.0. The van der Waals surface area contributed by atoms with Crippen molar-refractivity contribution in [2.24, 2.45) is 5.10 Å². The third kappa shape index (κ3) is 3.35. The van der Waals surface area contributed by atoms with Crippen molar-refractivity contribution in [3.05, 3.63) is 95.6 Å². The van der Waals surface area contributed by atoms with Gasteiger partial charge in [-0.25, -0.2) is 5.01 Å². The van der Waals surface area contributed by atoms with Gasteiger partial charge in [0, 0.05) is 17.5 Å². The molecule has 29 heavy (non-hydrogen) atoms. The molecule has 2 heterocycles. The Labute approximate surface area is 171 Å². The van der Waals surface area contributed by atoms with Crippen molar-refractivity contribution in [3.8, 4) is 11.5 Å². The molecule has 4 heteroatoms. The first-order valence-corrected chi connectivity index (χ1v) is 10.1. The van der Waals surface area contributed by atoms with E-state index in [-0.39, 0.29) is 18.4 Å². The highest BCUT2D eigenvalue weighted by Crippen LogP contribution is 2.47. The van der Waals surface area contributed by atoms with Crippen LogP contribution in [0.3, 0.4) is 0 Å². The van der Waals surface area contributed by atoms with Crippen molar-refractivity contribution in [3.63, 3.8) is 0 Å². The zero-order chi connectivity index (χ0) is 19.8. The lowest BCUT2D eigenvalue weighted by Gasteiger charge is -2.38. The first kappa shape index (κ1) is 17.8. The third-order valence-corrected chi connectivity index (χ3v) is 5.34. The Kier molecular flexibility index (Phi) is 4.47. The number of fused-ring (bicyclic) bond motifs is 3. The van der Waals surface area contributed by atoms with E-state index in [0.29, 0.717) is 0 Å².